The van der Waals surface area contributed by atoms with Gasteiger partial charge in [-0.3, -0.25) is 9.59 Å². The van der Waals surface area contributed by atoms with E-state index < -0.39 is 17.3 Å². The number of methoxy groups -OCH3 is 1. The van der Waals surface area contributed by atoms with Crippen molar-refractivity contribution in [3.8, 4) is 0 Å². The molecule has 3 nitrogen and oxygen atoms in total. The number of Topliss-reactive ketones (excluding diaryl/α,β-unsaturated/α-hetero) is 1. The highest BCUT2D eigenvalue weighted by atomic mass is 19.1. The van der Waals surface area contributed by atoms with E-state index in [1.54, 1.807) is 42.5 Å². The Morgan fingerprint density at radius 3 is 2.42 bits per heavy atom. The number of carbonyl (C=O) groups is 2. The molecule has 0 saturated carbocycles. The minimum atomic E-state index is -0.974. The van der Waals surface area contributed by atoms with Crippen molar-refractivity contribution in [2.24, 2.45) is 5.92 Å². The number of rotatable bonds is 7. The Hall–Kier alpha value is -2.75. The molecule has 0 spiro atoms. The molecule has 26 heavy (non-hydrogen) atoms. The van der Waals surface area contributed by atoms with Gasteiger partial charge in [-0.1, -0.05) is 62.9 Å². The topological polar surface area (TPSA) is 43.4 Å². The Bertz CT molecular complexity index is 809. The lowest BCUT2D eigenvalue weighted by Gasteiger charge is -2.30. The molecule has 0 bridgehead atoms. The maximum absolute atomic E-state index is 13.8. The molecule has 1 atom stereocenters. The average molecular weight is 354 g/mol. The molecule has 136 valence electrons. The summed E-state index contributed by atoms with van der Waals surface area (Å²) in [4.78, 5) is 25.2. The van der Waals surface area contributed by atoms with Crippen molar-refractivity contribution in [2.75, 3.05) is 7.11 Å². The summed E-state index contributed by atoms with van der Waals surface area (Å²) >= 11 is 0. The van der Waals surface area contributed by atoms with Crippen LogP contribution in [-0.2, 0) is 14.9 Å². The molecule has 0 radical (unpaired) electrons. The number of hydrogen-bond acceptors (Lipinski definition) is 3. The van der Waals surface area contributed by atoms with Crippen LogP contribution in [0, 0.1) is 11.7 Å². The number of hydrogen-bond donors (Lipinski definition) is 0. The maximum Gasteiger partial charge on any atom is 0.316 e. The van der Waals surface area contributed by atoms with Gasteiger partial charge in [0.25, 0.3) is 0 Å². The molecule has 0 saturated heterocycles. The minimum absolute atomic E-state index is 0.192. The van der Waals surface area contributed by atoms with E-state index in [1.807, 2.05) is 13.8 Å². The molecule has 0 amide bonds. The fourth-order valence-corrected chi connectivity index (χ4v) is 3.14. The smallest absolute Gasteiger partial charge is 0.316 e. The van der Waals surface area contributed by atoms with Crippen molar-refractivity contribution in [1.29, 1.82) is 0 Å². The second-order valence-corrected chi connectivity index (χ2v) is 6.83. The second-order valence-electron chi connectivity index (χ2n) is 6.83. The second kappa shape index (κ2) is 8.09. The van der Waals surface area contributed by atoms with Crippen LogP contribution in [0.2, 0.25) is 0 Å². The zero-order chi connectivity index (χ0) is 19.3. The molecule has 0 fully saturated rings. The summed E-state index contributed by atoms with van der Waals surface area (Å²) in [6.45, 7) is 7.52. The highest BCUT2D eigenvalue weighted by molar-refractivity contribution is 6.08. The van der Waals surface area contributed by atoms with Crippen LogP contribution in [-0.4, -0.2) is 18.9 Å². The standard InChI is InChI=1S/C22H23FO3/c1-5-15-11-12-17(23)13-19(15)22(2,3)14-18(21(25)26-4)20(24)16-9-7-6-8-10-16/h5-13,18H,1,14H2,2-4H3. The Morgan fingerprint density at radius 2 is 1.85 bits per heavy atom. The molecule has 2 rings (SSSR count). The van der Waals surface area contributed by atoms with E-state index in [9.17, 15) is 14.0 Å². The predicted octanol–water partition coefficient (Wildman–Crippen LogP) is 4.81. The molecule has 0 aliphatic carbocycles. The normalized spacial score (nSPS) is 12.3. The summed E-state index contributed by atoms with van der Waals surface area (Å²) in [7, 11) is 1.26. The SMILES string of the molecule is C=Cc1ccc(F)cc1C(C)(C)CC(C(=O)OC)C(=O)c1ccccc1. The number of ether oxygens (including phenoxy) is 1. The number of esters is 1. The molecule has 2 aromatic carbocycles. The lowest BCUT2D eigenvalue weighted by Crippen LogP contribution is -2.33. The first-order valence-corrected chi connectivity index (χ1v) is 8.39. The van der Waals surface area contributed by atoms with Crippen LogP contribution in [0.1, 0.15) is 41.8 Å². The van der Waals surface area contributed by atoms with E-state index in [2.05, 4.69) is 6.58 Å². The summed E-state index contributed by atoms with van der Waals surface area (Å²) in [5.41, 5.74) is 1.27. The Labute approximate surface area is 153 Å². The maximum atomic E-state index is 13.8. The van der Waals surface area contributed by atoms with Crippen LogP contribution in [0.5, 0.6) is 0 Å². The third-order valence-corrected chi connectivity index (χ3v) is 4.54. The fraction of sp³-hybridized carbons (Fsp3) is 0.273. The van der Waals surface area contributed by atoms with Crippen LogP contribution >= 0.6 is 0 Å². The van der Waals surface area contributed by atoms with E-state index in [0.29, 0.717) is 11.1 Å². The lowest BCUT2D eigenvalue weighted by atomic mass is 9.73. The van der Waals surface area contributed by atoms with Crippen LogP contribution in [0.3, 0.4) is 0 Å². The van der Waals surface area contributed by atoms with Crippen molar-refractivity contribution in [1.82, 2.24) is 0 Å². The quantitative estimate of drug-likeness (QED) is 0.407. The van der Waals surface area contributed by atoms with Crippen molar-refractivity contribution < 1.29 is 18.7 Å². The highest BCUT2D eigenvalue weighted by Crippen LogP contribution is 2.35. The van der Waals surface area contributed by atoms with Gasteiger partial charge in [0.1, 0.15) is 11.7 Å². The largest absolute Gasteiger partial charge is 0.468 e. The first kappa shape index (κ1) is 19.6. The van der Waals surface area contributed by atoms with Gasteiger partial charge in [-0.25, -0.2) is 4.39 Å². The van der Waals surface area contributed by atoms with E-state index in [0.717, 1.165) is 5.56 Å². The Balaban J connectivity index is 2.42. The molecule has 0 aliphatic heterocycles. The zero-order valence-electron chi connectivity index (χ0n) is 15.3. The van der Waals surface area contributed by atoms with Crippen molar-refractivity contribution in [3.63, 3.8) is 0 Å². The van der Waals surface area contributed by atoms with Gasteiger partial charge in [-0.15, -0.1) is 0 Å². The van der Waals surface area contributed by atoms with Gasteiger partial charge < -0.3 is 4.74 Å². The van der Waals surface area contributed by atoms with E-state index in [4.69, 9.17) is 4.74 Å². The molecule has 0 N–H and O–H groups in total. The Kier molecular flexibility index (Phi) is 6.09. The van der Waals surface area contributed by atoms with Crippen molar-refractivity contribution in [2.45, 2.75) is 25.7 Å². The molecule has 0 heterocycles. The number of carbonyl (C=O) groups excluding carboxylic acids is 2. The molecule has 2 aromatic rings. The third kappa shape index (κ3) is 4.26. The Morgan fingerprint density at radius 1 is 1.19 bits per heavy atom. The van der Waals surface area contributed by atoms with Gasteiger partial charge in [0.05, 0.1) is 7.11 Å². The number of halogens is 1. The van der Waals surface area contributed by atoms with E-state index in [-0.39, 0.29) is 18.0 Å². The predicted molar refractivity (Wildman–Crippen MR) is 100 cm³/mol. The van der Waals surface area contributed by atoms with E-state index in [1.165, 1.54) is 19.2 Å². The third-order valence-electron chi connectivity index (χ3n) is 4.54. The molecule has 0 aromatic heterocycles. The number of benzene rings is 2. The van der Waals surface area contributed by atoms with Crippen LogP contribution < -0.4 is 0 Å². The van der Waals surface area contributed by atoms with Gasteiger partial charge in [0.15, 0.2) is 5.78 Å². The summed E-state index contributed by atoms with van der Waals surface area (Å²) in [6, 6.07) is 13.1. The van der Waals surface area contributed by atoms with E-state index >= 15 is 0 Å². The van der Waals surface area contributed by atoms with Crippen LogP contribution in [0.15, 0.2) is 55.1 Å². The first-order valence-electron chi connectivity index (χ1n) is 8.39. The highest BCUT2D eigenvalue weighted by Gasteiger charge is 2.36. The number of ketones is 1. The summed E-state index contributed by atoms with van der Waals surface area (Å²) in [6.07, 6.45) is 1.83. The molecular weight excluding hydrogens is 331 g/mol. The van der Waals surface area contributed by atoms with Gasteiger partial charge in [0.2, 0.25) is 0 Å². The summed E-state index contributed by atoms with van der Waals surface area (Å²) in [5, 5.41) is 0. The molecule has 0 aliphatic rings. The monoisotopic (exact) mass is 354 g/mol. The molecular formula is C22H23FO3. The summed E-state index contributed by atoms with van der Waals surface area (Å²) < 4.78 is 18.7. The van der Waals surface area contributed by atoms with Gasteiger partial charge in [-0.05, 0) is 35.1 Å². The van der Waals surface area contributed by atoms with Gasteiger partial charge in [-0.2, -0.15) is 0 Å². The van der Waals surface area contributed by atoms with Gasteiger partial charge >= 0.3 is 5.97 Å². The fourth-order valence-electron chi connectivity index (χ4n) is 3.14. The molecule has 4 heteroatoms. The first-order chi connectivity index (χ1) is 12.3. The van der Waals surface area contributed by atoms with Crippen LogP contribution in [0.25, 0.3) is 6.08 Å². The van der Waals surface area contributed by atoms with Crippen molar-refractivity contribution >= 4 is 17.8 Å². The van der Waals surface area contributed by atoms with Crippen LogP contribution in [0.4, 0.5) is 4.39 Å². The minimum Gasteiger partial charge on any atom is -0.468 e. The zero-order valence-corrected chi connectivity index (χ0v) is 15.3. The summed E-state index contributed by atoms with van der Waals surface area (Å²) in [5.74, 6) is -2.24. The lowest BCUT2D eigenvalue weighted by molar-refractivity contribution is -0.144. The van der Waals surface area contributed by atoms with Crippen molar-refractivity contribution in [3.05, 3.63) is 77.6 Å². The van der Waals surface area contributed by atoms with Gasteiger partial charge in [0, 0.05) is 5.56 Å². The molecule has 1 unspecified atom stereocenters. The average Bonchev–Trinajstić information content (AvgIpc) is 2.65.